The summed E-state index contributed by atoms with van der Waals surface area (Å²) in [6.07, 6.45) is 2.96. The van der Waals surface area contributed by atoms with E-state index in [-0.39, 0.29) is 0 Å². The van der Waals surface area contributed by atoms with Crippen molar-refractivity contribution in [2.75, 3.05) is 7.05 Å². The molecule has 0 aliphatic heterocycles. The number of hydrogen-bond acceptors (Lipinski definition) is 1. The zero-order valence-corrected chi connectivity index (χ0v) is 13.4. The van der Waals surface area contributed by atoms with Crippen molar-refractivity contribution < 1.29 is 0 Å². The Morgan fingerprint density at radius 3 is 1.76 bits per heavy atom. The minimum atomic E-state index is 0.984. The molecule has 0 saturated heterocycles. The lowest BCUT2D eigenvalue weighted by atomic mass is 9.92. The number of rotatable bonds is 4. The van der Waals surface area contributed by atoms with Gasteiger partial charge in [-0.25, -0.2) is 0 Å². The fourth-order valence-corrected chi connectivity index (χ4v) is 2.49. The highest BCUT2D eigenvalue weighted by Gasteiger charge is 2.08. The molecule has 0 saturated carbocycles. The number of aliphatic imine (C=N–C) groups is 1. The normalized spacial score (nSPS) is 12.6. The second-order valence-corrected chi connectivity index (χ2v) is 5.37. The quantitative estimate of drug-likeness (QED) is 0.529. The maximum Gasteiger partial charge on any atom is 0.0290 e. The SMILES string of the molecule is CC/C(=C(\C=NC)c1ccc(C)cc1)c1ccc(C)cc1. The molecule has 0 amide bonds. The van der Waals surface area contributed by atoms with Crippen molar-refractivity contribution in [3.8, 4) is 0 Å². The van der Waals surface area contributed by atoms with E-state index in [0.717, 1.165) is 6.42 Å². The minimum Gasteiger partial charge on any atom is -0.296 e. The van der Waals surface area contributed by atoms with Crippen LogP contribution in [0.3, 0.4) is 0 Å². The Morgan fingerprint density at radius 1 is 0.857 bits per heavy atom. The number of aryl methyl sites for hydroxylation is 2. The fraction of sp³-hybridized carbons (Fsp3) is 0.250. The summed E-state index contributed by atoms with van der Waals surface area (Å²) in [6.45, 7) is 6.43. The molecule has 108 valence electrons. The average Bonchev–Trinajstić information content (AvgIpc) is 2.50. The second kappa shape index (κ2) is 7.03. The topological polar surface area (TPSA) is 12.4 Å². The van der Waals surface area contributed by atoms with Crippen LogP contribution in [-0.2, 0) is 0 Å². The highest BCUT2D eigenvalue weighted by Crippen LogP contribution is 2.28. The van der Waals surface area contributed by atoms with Gasteiger partial charge in [0.1, 0.15) is 0 Å². The molecule has 21 heavy (non-hydrogen) atoms. The highest BCUT2D eigenvalue weighted by atomic mass is 14.6. The van der Waals surface area contributed by atoms with Crippen molar-refractivity contribution in [3.05, 3.63) is 70.8 Å². The van der Waals surface area contributed by atoms with E-state index in [0.29, 0.717) is 0 Å². The van der Waals surface area contributed by atoms with Gasteiger partial charge in [-0.05, 0) is 37.0 Å². The Balaban J connectivity index is 2.59. The third-order valence-corrected chi connectivity index (χ3v) is 3.70. The summed E-state index contributed by atoms with van der Waals surface area (Å²) in [5, 5.41) is 0. The predicted octanol–water partition coefficient (Wildman–Crippen LogP) is 5.32. The molecule has 2 aromatic rings. The molecule has 0 radical (unpaired) electrons. The lowest BCUT2D eigenvalue weighted by Crippen LogP contribution is -1.94. The lowest BCUT2D eigenvalue weighted by molar-refractivity contribution is 1.24. The van der Waals surface area contributed by atoms with E-state index in [4.69, 9.17) is 0 Å². The Hall–Kier alpha value is -2.15. The standard InChI is InChI=1S/C20H23N/c1-5-19(17-10-6-15(2)7-11-17)20(14-21-4)18-12-8-16(3)9-13-18/h6-14H,5H2,1-4H3/b20-19-,21-14?. The van der Waals surface area contributed by atoms with E-state index in [1.54, 1.807) is 0 Å². The summed E-state index contributed by atoms with van der Waals surface area (Å²) in [5.74, 6) is 0. The van der Waals surface area contributed by atoms with Gasteiger partial charge < -0.3 is 0 Å². The first-order chi connectivity index (χ1) is 10.2. The number of benzene rings is 2. The molecule has 0 N–H and O–H groups in total. The average molecular weight is 277 g/mol. The van der Waals surface area contributed by atoms with Crippen LogP contribution in [0.4, 0.5) is 0 Å². The Bertz CT molecular complexity index is 643. The second-order valence-electron chi connectivity index (χ2n) is 5.37. The number of allylic oxidation sites excluding steroid dienone is 2. The molecule has 1 heteroatoms. The van der Waals surface area contributed by atoms with Crippen LogP contribution in [0, 0.1) is 13.8 Å². The smallest absolute Gasteiger partial charge is 0.0290 e. The molecule has 1 nitrogen and oxygen atoms in total. The first kappa shape index (κ1) is 15.2. The van der Waals surface area contributed by atoms with Gasteiger partial charge >= 0.3 is 0 Å². The minimum absolute atomic E-state index is 0.984. The molecule has 0 unspecified atom stereocenters. The summed E-state index contributed by atoms with van der Waals surface area (Å²) >= 11 is 0. The van der Waals surface area contributed by atoms with Crippen LogP contribution in [0.1, 0.15) is 35.6 Å². The van der Waals surface area contributed by atoms with E-state index < -0.39 is 0 Å². The Morgan fingerprint density at radius 2 is 1.33 bits per heavy atom. The maximum absolute atomic E-state index is 4.26. The molecule has 0 atom stereocenters. The van der Waals surface area contributed by atoms with Gasteiger partial charge in [-0.3, -0.25) is 4.99 Å². The zero-order valence-electron chi connectivity index (χ0n) is 13.4. The summed E-state index contributed by atoms with van der Waals surface area (Å²) in [4.78, 5) is 4.26. The Kier molecular flexibility index (Phi) is 5.10. The molecule has 0 fully saturated rings. The first-order valence-electron chi connectivity index (χ1n) is 7.45. The van der Waals surface area contributed by atoms with Crippen LogP contribution in [0.5, 0.6) is 0 Å². The largest absolute Gasteiger partial charge is 0.296 e. The third-order valence-electron chi connectivity index (χ3n) is 3.70. The van der Waals surface area contributed by atoms with Crippen LogP contribution < -0.4 is 0 Å². The molecular formula is C20H23N. The third kappa shape index (κ3) is 3.69. The molecule has 2 aromatic carbocycles. The predicted molar refractivity (Wildman–Crippen MR) is 93.9 cm³/mol. The van der Waals surface area contributed by atoms with Crippen molar-refractivity contribution >= 4 is 17.4 Å². The molecule has 0 heterocycles. The summed E-state index contributed by atoms with van der Waals surface area (Å²) < 4.78 is 0. The molecule has 2 rings (SSSR count). The molecule has 0 aliphatic carbocycles. The molecular weight excluding hydrogens is 254 g/mol. The van der Waals surface area contributed by atoms with Gasteiger partial charge in [0.2, 0.25) is 0 Å². The highest BCUT2D eigenvalue weighted by molar-refractivity contribution is 6.19. The number of hydrogen-bond donors (Lipinski definition) is 0. The fourth-order valence-electron chi connectivity index (χ4n) is 2.49. The summed E-state index contributed by atoms with van der Waals surface area (Å²) in [6, 6.07) is 17.4. The molecule has 0 bridgehead atoms. The van der Waals surface area contributed by atoms with Crippen LogP contribution in [0.25, 0.3) is 11.1 Å². The van der Waals surface area contributed by atoms with Gasteiger partial charge in [0, 0.05) is 18.8 Å². The molecule has 0 spiro atoms. The summed E-state index contributed by atoms with van der Waals surface area (Å²) in [7, 11) is 1.83. The van der Waals surface area contributed by atoms with Gasteiger partial charge in [0.15, 0.2) is 0 Å². The lowest BCUT2D eigenvalue weighted by Gasteiger charge is -2.12. The molecule has 0 aromatic heterocycles. The van der Waals surface area contributed by atoms with Crippen LogP contribution in [0.15, 0.2) is 53.5 Å². The Labute approximate surface area is 128 Å². The monoisotopic (exact) mass is 277 g/mol. The van der Waals surface area contributed by atoms with E-state index >= 15 is 0 Å². The van der Waals surface area contributed by atoms with Gasteiger partial charge in [0.25, 0.3) is 0 Å². The van der Waals surface area contributed by atoms with Crippen molar-refractivity contribution in [1.29, 1.82) is 0 Å². The van der Waals surface area contributed by atoms with Crippen molar-refractivity contribution in [2.45, 2.75) is 27.2 Å². The van der Waals surface area contributed by atoms with E-state index in [1.165, 1.54) is 33.4 Å². The van der Waals surface area contributed by atoms with Crippen LogP contribution in [0.2, 0.25) is 0 Å². The van der Waals surface area contributed by atoms with E-state index in [9.17, 15) is 0 Å². The van der Waals surface area contributed by atoms with Gasteiger partial charge in [-0.1, -0.05) is 66.6 Å². The van der Waals surface area contributed by atoms with Gasteiger partial charge in [-0.2, -0.15) is 0 Å². The van der Waals surface area contributed by atoms with Crippen molar-refractivity contribution in [2.24, 2.45) is 4.99 Å². The van der Waals surface area contributed by atoms with E-state index in [2.05, 4.69) is 74.3 Å². The van der Waals surface area contributed by atoms with Gasteiger partial charge in [-0.15, -0.1) is 0 Å². The zero-order chi connectivity index (χ0) is 15.2. The maximum atomic E-state index is 4.26. The van der Waals surface area contributed by atoms with Crippen molar-refractivity contribution in [3.63, 3.8) is 0 Å². The van der Waals surface area contributed by atoms with Crippen LogP contribution in [-0.4, -0.2) is 13.3 Å². The van der Waals surface area contributed by atoms with Crippen LogP contribution >= 0.6 is 0 Å². The van der Waals surface area contributed by atoms with E-state index in [1.807, 2.05) is 13.3 Å². The summed E-state index contributed by atoms with van der Waals surface area (Å²) in [5.41, 5.74) is 7.62. The first-order valence-corrected chi connectivity index (χ1v) is 7.45. The van der Waals surface area contributed by atoms with Crippen molar-refractivity contribution in [1.82, 2.24) is 0 Å². The van der Waals surface area contributed by atoms with Gasteiger partial charge in [0.05, 0.1) is 0 Å². The molecule has 0 aliphatic rings. The number of nitrogens with zero attached hydrogens (tertiary/aromatic N) is 1.